The van der Waals surface area contributed by atoms with Gasteiger partial charge in [-0.05, 0) is 49.6 Å². The number of carbonyl (C=O) groups excluding carboxylic acids is 1. The lowest BCUT2D eigenvalue weighted by molar-refractivity contribution is -0.138. The van der Waals surface area contributed by atoms with E-state index in [1.54, 1.807) is 6.20 Å². The monoisotopic (exact) mass is 481 g/mol. The van der Waals surface area contributed by atoms with E-state index in [0.717, 1.165) is 35.6 Å². The largest absolute Gasteiger partial charge is 0.419 e. The Morgan fingerprint density at radius 3 is 2.38 bits per heavy atom. The number of nitriles is 1. The van der Waals surface area contributed by atoms with Crippen molar-refractivity contribution in [1.29, 1.82) is 5.26 Å². The summed E-state index contributed by atoms with van der Waals surface area (Å²) in [6.07, 6.45) is -0.00229. The third-order valence-corrected chi connectivity index (χ3v) is 6.85. The van der Waals surface area contributed by atoms with Gasteiger partial charge < -0.3 is 4.90 Å². The molecule has 1 aromatic carbocycles. The van der Waals surface area contributed by atoms with Gasteiger partial charge in [0.1, 0.15) is 11.6 Å². The summed E-state index contributed by atoms with van der Waals surface area (Å²) < 4.78 is 40.5. The van der Waals surface area contributed by atoms with Gasteiger partial charge in [0, 0.05) is 17.4 Å². The van der Waals surface area contributed by atoms with Crippen LogP contribution in [0.15, 0.2) is 60.9 Å². The number of benzene rings is 1. The number of thiol groups is 1. The maximum absolute atomic E-state index is 13.6. The van der Waals surface area contributed by atoms with Crippen molar-refractivity contribution >= 4 is 29.9 Å². The number of aromatic nitrogens is 2. The Hall–Kier alpha value is -3.58. The summed E-state index contributed by atoms with van der Waals surface area (Å²) in [6, 6.07) is 15.4. The summed E-state index contributed by atoms with van der Waals surface area (Å²) in [4.78, 5) is 24.7. The zero-order chi connectivity index (χ0) is 24.1. The zero-order valence-corrected chi connectivity index (χ0v) is 18.6. The highest BCUT2D eigenvalue weighted by Crippen LogP contribution is 2.50. The Labute approximate surface area is 199 Å². The Morgan fingerprint density at radius 1 is 1.09 bits per heavy atom. The molecule has 1 atom stereocenters. The number of alkyl halides is 3. The Kier molecular flexibility index (Phi) is 5.24. The molecule has 3 heterocycles. The van der Waals surface area contributed by atoms with Crippen molar-refractivity contribution in [3.8, 4) is 17.3 Å². The number of carbonyl (C=O) groups is 1. The van der Waals surface area contributed by atoms with Crippen LogP contribution in [0.4, 0.5) is 24.5 Å². The van der Waals surface area contributed by atoms with Crippen LogP contribution in [0.5, 0.6) is 0 Å². The quantitative estimate of drug-likeness (QED) is 0.532. The van der Waals surface area contributed by atoms with E-state index in [-0.39, 0.29) is 11.6 Å². The van der Waals surface area contributed by atoms with Crippen molar-refractivity contribution in [3.63, 3.8) is 0 Å². The molecule has 1 amide bonds. The molecule has 0 radical (unpaired) electrons. The molecule has 1 saturated heterocycles. The van der Waals surface area contributed by atoms with Crippen molar-refractivity contribution < 1.29 is 18.0 Å². The molecule has 172 valence electrons. The molecular weight excluding hydrogens is 463 g/mol. The van der Waals surface area contributed by atoms with Crippen LogP contribution >= 0.6 is 12.6 Å². The minimum absolute atomic E-state index is 0.0461. The molecule has 1 aliphatic heterocycles. The van der Waals surface area contributed by atoms with Gasteiger partial charge in [0.05, 0.1) is 23.1 Å². The fourth-order valence-corrected chi connectivity index (χ4v) is 5.18. The highest BCUT2D eigenvalue weighted by molar-refractivity contribution is 7.81. The first-order valence-corrected chi connectivity index (χ1v) is 11.1. The SMILES string of the molecule is N#Cc1ncc(N2C(=O)C3(CCC3)N(c3ccc(-c4ccccn4)cc3)C2S)cc1C(F)(F)F. The first kappa shape index (κ1) is 22.2. The molecule has 2 aromatic heterocycles. The Bertz CT molecular complexity index is 1290. The molecule has 1 saturated carbocycles. The third-order valence-electron chi connectivity index (χ3n) is 6.39. The van der Waals surface area contributed by atoms with Crippen LogP contribution in [-0.4, -0.2) is 26.9 Å². The molecule has 34 heavy (non-hydrogen) atoms. The van der Waals surface area contributed by atoms with Crippen molar-refractivity contribution in [2.24, 2.45) is 0 Å². The van der Waals surface area contributed by atoms with E-state index >= 15 is 0 Å². The van der Waals surface area contributed by atoms with Gasteiger partial charge in [-0.1, -0.05) is 18.2 Å². The molecule has 3 aromatic rings. The van der Waals surface area contributed by atoms with E-state index in [0.29, 0.717) is 12.8 Å². The lowest BCUT2D eigenvalue weighted by Gasteiger charge is -2.44. The van der Waals surface area contributed by atoms with E-state index in [2.05, 4.69) is 22.6 Å². The Morgan fingerprint density at radius 2 is 1.82 bits per heavy atom. The maximum Gasteiger partial charge on any atom is 0.419 e. The molecule has 1 spiro atoms. The van der Waals surface area contributed by atoms with Crippen LogP contribution in [-0.2, 0) is 11.0 Å². The molecule has 1 unspecified atom stereocenters. The van der Waals surface area contributed by atoms with Gasteiger partial charge in [-0.25, -0.2) is 4.98 Å². The molecule has 2 aliphatic rings. The molecule has 2 fully saturated rings. The van der Waals surface area contributed by atoms with E-state index in [9.17, 15) is 18.0 Å². The number of pyridine rings is 2. The number of anilines is 2. The van der Waals surface area contributed by atoms with Crippen molar-refractivity contribution in [2.75, 3.05) is 9.80 Å². The van der Waals surface area contributed by atoms with Gasteiger partial charge in [-0.15, -0.1) is 12.6 Å². The number of nitrogens with zero attached hydrogens (tertiary/aromatic N) is 5. The number of rotatable bonds is 3. The molecule has 0 N–H and O–H groups in total. The van der Waals surface area contributed by atoms with Crippen molar-refractivity contribution in [3.05, 3.63) is 72.2 Å². The van der Waals surface area contributed by atoms with Crippen LogP contribution in [0.2, 0.25) is 0 Å². The van der Waals surface area contributed by atoms with Gasteiger partial charge in [-0.2, -0.15) is 18.4 Å². The summed E-state index contributed by atoms with van der Waals surface area (Å²) in [6.45, 7) is 0. The number of hydrogen-bond donors (Lipinski definition) is 1. The minimum Gasteiger partial charge on any atom is -0.328 e. The van der Waals surface area contributed by atoms with Crippen LogP contribution in [0, 0.1) is 11.3 Å². The van der Waals surface area contributed by atoms with Crippen molar-refractivity contribution in [2.45, 2.75) is 36.5 Å². The summed E-state index contributed by atoms with van der Waals surface area (Å²) in [5.74, 6) is -0.327. The molecule has 1 aliphatic carbocycles. The van der Waals surface area contributed by atoms with Gasteiger partial charge in [0.25, 0.3) is 5.91 Å². The topological polar surface area (TPSA) is 73.1 Å². The number of hydrogen-bond acceptors (Lipinski definition) is 6. The highest BCUT2D eigenvalue weighted by Gasteiger charge is 2.60. The van der Waals surface area contributed by atoms with Gasteiger partial charge in [-0.3, -0.25) is 14.7 Å². The second-order valence-electron chi connectivity index (χ2n) is 8.24. The van der Waals surface area contributed by atoms with Crippen LogP contribution in [0.1, 0.15) is 30.5 Å². The smallest absolute Gasteiger partial charge is 0.328 e. The highest BCUT2D eigenvalue weighted by atomic mass is 32.1. The standard InChI is InChI=1S/C24H18F3N5OS/c25-24(26,27)18-12-17(14-30-20(18)13-28)31-21(33)23(9-3-10-23)32(22(31)34)16-7-5-15(6-8-16)19-4-1-2-11-29-19/h1-2,4-8,11-12,14,22,34H,3,9-10H2. The van der Waals surface area contributed by atoms with E-state index < -0.39 is 28.5 Å². The predicted molar refractivity (Wildman–Crippen MR) is 123 cm³/mol. The summed E-state index contributed by atoms with van der Waals surface area (Å²) in [7, 11) is 0. The first-order chi connectivity index (χ1) is 16.3. The van der Waals surface area contributed by atoms with Crippen LogP contribution < -0.4 is 9.80 Å². The average molecular weight is 482 g/mol. The van der Waals surface area contributed by atoms with E-state index in [1.807, 2.05) is 47.4 Å². The van der Waals surface area contributed by atoms with Gasteiger partial charge >= 0.3 is 6.18 Å². The normalized spacial score (nSPS) is 19.3. The fourth-order valence-electron chi connectivity index (χ4n) is 4.58. The lowest BCUT2D eigenvalue weighted by atomic mass is 9.75. The summed E-state index contributed by atoms with van der Waals surface area (Å²) >= 11 is 4.66. The van der Waals surface area contributed by atoms with Crippen LogP contribution in [0.3, 0.4) is 0 Å². The van der Waals surface area contributed by atoms with E-state index in [4.69, 9.17) is 5.26 Å². The van der Waals surface area contributed by atoms with Gasteiger partial charge in [0.2, 0.25) is 0 Å². The third kappa shape index (κ3) is 3.39. The maximum atomic E-state index is 13.6. The fraction of sp³-hybridized carbons (Fsp3) is 0.250. The molecular formula is C24H18F3N5OS. The first-order valence-electron chi connectivity index (χ1n) is 10.6. The van der Waals surface area contributed by atoms with E-state index in [1.165, 1.54) is 11.0 Å². The molecule has 6 nitrogen and oxygen atoms in total. The second kappa shape index (κ2) is 8.02. The van der Waals surface area contributed by atoms with Crippen molar-refractivity contribution in [1.82, 2.24) is 9.97 Å². The summed E-state index contributed by atoms with van der Waals surface area (Å²) in [5.41, 5.74) is -1.26. The summed E-state index contributed by atoms with van der Waals surface area (Å²) in [5, 5.41) is 9.05. The van der Waals surface area contributed by atoms with Gasteiger partial charge in [0.15, 0.2) is 11.2 Å². The Balaban J connectivity index is 1.54. The minimum atomic E-state index is -4.78. The predicted octanol–water partition coefficient (Wildman–Crippen LogP) is 5.02. The lowest BCUT2D eigenvalue weighted by Crippen LogP contribution is -2.55. The van der Waals surface area contributed by atoms with Crippen LogP contribution in [0.25, 0.3) is 11.3 Å². The molecule has 10 heteroatoms. The number of halogens is 3. The average Bonchev–Trinajstić information content (AvgIpc) is 3.05. The number of amides is 1. The zero-order valence-electron chi connectivity index (χ0n) is 17.7. The second-order valence-corrected chi connectivity index (χ2v) is 8.70. The molecule has 0 bridgehead atoms. The molecule has 5 rings (SSSR count).